The summed E-state index contributed by atoms with van der Waals surface area (Å²) in [5, 5.41) is 0. The van der Waals surface area contributed by atoms with Crippen LogP contribution in [0.1, 0.15) is 12.8 Å². The Bertz CT molecular complexity index is 263. The molecule has 10 heteroatoms. The minimum atomic E-state index is -4.31. The lowest BCUT2D eigenvalue weighted by Crippen LogP contribution is -2.27. The van der Waals surface area contributed by atoms with Gasteiger partial charge in [0, 0.05) is 0 Å². The lowest BCUT2D eigenvalue weighted by Gasteiger charge is -2.22. The Balaban J connectivity index is 4.28. The zero-order chi connectivity index (χ0) is 12.8. The number of nitrogens with zero attached hydrogens (tertiary/aromatic N) is 1. The van der Waals surface area contributed by atoms with Gasteiger partial charge in [-0.1, -0.05) is 0 Å². The summed E-state index contributed by atoms with van der Waals surface area (Å²) < 4.78 is 21.5. The van der Waals surface area contributed by atoms with Gasteiger partial charge in [-0.25, -0.2) is 0 Å². The lowest BCUT2D eigenvalue weighted by atomic mass is 10.3. The SMILES string of the molecule is NCCCCN(CP(=O)(O)O)CP(=O)(O)O. The van der Waals surface area contributed by atoms with Gasteiger partial charge in [0.25, 0.3) is 0 Å². The molecule has 0 saturated carbocycles. The monoisotopic (exact) mass is 276 g/mol. The van der Waals surface area contributed by atoms with Crippen molar-refractivity contribution < 1.29 is 28.7 Å². The molecular weight excluding hydrogens is 258 g/mol. The third kappa shape index (κ3) is 10.7. The van der Waals surface area contributed by atoms with E-state index in [2.05, 4.69) is 0 Å². The highest BCUT2D eigenvalue weighted by molar-refractivity contribution is 7.52. The van der Waals surface area contributed by atoms with Crippen molar-refractivity contribution in [2.75, 3.05) is 25.7 Å². The molecule has 0 unspecified atom stereocenters. The van der Waals surface area contributed by atoms with Gasteiger partial charge in [0.15, 0.2) is 0 Å². The van der Waals surface area contributed by atoms with E-state index in [0.717, 1.165) is 4.90 Å². The van der Waals surface area contributed by atoms with E-state index in [1.807, 2.05) is 0 Å². The topological polar surface area (TPSA) is 144 Å². The van der Waals surface area contributed by atoms with E-state index in [4.69, 9.17) is 25.3 Å². The maximum atomic E-state index is 10.7. The quantitative estimate of drug-likeness (QED) is 0.289. The smallest absolute Gasteiger partial charge is 0.330 e. The van der Waals surface area contributed by atoms with Crippen LogP contribution < -0.4 is 5.73 Å². The Morgan fingerprint density at radius 2 is 1.38 bits per heavy atom. The molecule has 0 atom stereocenters. The molecule has 0 aliphatic carbocycles. The van der Waals surface area contributed by atoms with Gasteiger partial charge in [0.05, 0.1) is 0 Å². The standard InChI is InChI=1S/C6H18N2O6P2/c7-3-1-2-4-8(5-15(9,10)11)6-16(12,13)14/h1-7H2,(H2,9,10,11)(H2,12,13,14). The zero-order valence-electron chi connectivity index (χ0n) is 8.77. The first-order valence-electron chi connectivity index (χ1n) is 4.65. The Morgan fingerprint density at radius 3 is 1.69 bits per heavy atom. The van der Waals surface area contributed by atoms with Crippen LogP contribution in [0.5, 0.6) is 0 Å². The molecule has 0 radical (unpaired) electrons. The van der Waals surface area contributed by atoms with Crippen molar-refractivity contribution in [2.24, 2.45) is 5.73 Å². The molecule has 0 rings (SSSR count). The maximum Gasteiger partial charge on any atom is 0.339 e. The first kappa shape index (κ1) is 16.2. The summed E-state index contributed by atoms with van der Waals surface area (Å²) in [4.78, 5) is 36.0. The molecule has 98 valence electrons. The Morgan fingerprint density at radius 1 is 0.938 bits per heavy atom. The van der Waals surface area contributed by atoms with Crippen LogP contribution in [-0.4, -0.2) is 50.1 Å². The summed E-state index contributed by atoms with van der Waals surface area (Å²) >= 11 is 0. The first-order chi connectivity index (χ1) is 7.14. The average Bonchev–Trinajstić information content (AvgIpc) is 1.97. The van der Waals surface area contributed by atoms with Gasteiger partial charge in [-0.05, 0) is 25.9 Å². The van der Waals surface area contributed by atoms with Crippen molar-refractivity contribution in [1.82, 2.24) is 4.90 Å². The van der Waals surface area contributed by atoms with Crippen molar-refractivity contribution in [1.29, 1.82) is 0 Å². The van der Waals surface area contributed by atoms with Crippen LogP contribution in [0.4, 0.5) is 0 Å². The lowest BCUT2D eigenvalue weighted by molar-refractivity contribution is 0.274. The summed E-state index contributed by atoms with van der Waals surface area (Å²) in [7, 11) is -8.61. The number of unbranched alkanes of at least 4 members (excludes halogenated alkanes) is 1. The van der Waals surface area contributed by atoms with E-state index in [-0.39, 0.29) is 6.54 Å². The van der Waals surface area contributed by atoms with Crippen molar-refractivity contribution in [3.05, 3.63) is 0 Å². The average molecular weight is 276 g/mol. The molecule has 0 aliphatic rings. The highest BCUT2D eigenvalue weighted by Gasteiger charge is 2.25. The summed E-state index contributed by atoms with van der Waals surface area (Å²) in [6, 6.07) is 0. The molecule has 6 N–H and O–H groups in total. The minimum absolute atomic E-state index is 0.202. The maximum absolute atomic E-state index is 10.7. The molecule has 0 heterocycles. The molecule has 8 nitrogen and oxygen atoms in total. The fourth-order valence-corrected chi connectivity index (χ4v) is 2.87. The molecule has 0 bridgehead atoms. The highest BCUT2D eigenvalue weighted by Crippen LogP contribution is 2.40. The fourth-order valence-electron chi connectivity index (χ4n) is 1.19. The molecular formula is C6H18N2O6P2. The van der Waals surface area contributed by atoms with Crippen LogP contribution in [0.25, 0.3) is 0 Å². The molecule has 0 saturated heterocycles. The largest absolute Gasteiger partial charge is 0.339 e. The first-order valence-corrected chi connectivity index (χ1v) is 8.25. The van der Waals surface area contributed by atoms with E-state index >= 15 is 0 Å². The van der Waals surface area contributed by atoms with Crippen LogP contribution in [0.2, 0.25) is 0 Å². The van der Waals surface area contributed by atoms with Gasteiger partial charge in [0.1, 0.15) is 12.6 Å². The summed E-state index contributed by atoms with van der Waals surface area (Å²) in [6.07, 6.45) is -0.124. The molecule has 0 aromatic carbocycles. The number of hydrogen-bond acceptors (Lipinski definition) is 4. The van der Waals surface area contributed by atoms with Crippen molar-refractivity contribution in [3.8, 4) is 0 Å². The van der Waals surface area contributed by atoms with E-state index in [1.54, 1.807) is 0 Å². The van der Waals surface area contributed by atoms with Crippen molar-refractivity contribution in [2.45, 2.75) is 12.8 Å². The number of rotatable bonds is 8. The van der Waals surface area contributed by atoms with Crippen molar-refractivity contribution in [3.63, 3.8) is 0 Å². The van der Waals surface area contributed by atoms with Gasteiger partial charge in [0.2, 0.25) is 0 Å². The van der Waals surface area contributed by atoms with Crippen LogP contribution in [0, 0.1) is 0 Å². The molecule has 16 heavy (non-hydrogen) atoms. The highest BCUT2D eigenvalue weighted by atomic mass is 31.2. The minimum Gasteiger partial charge on any atom is -0.330 e. The molecule has 0 fully saturated rings. The van der Waals surface area contributed by atoms with Crippen LogP contribution in [0.15, 0.2) is 0 Å². The summed E-state index contributed by atoms with van der Waals surface area (Å²) in [5.74, 6) is 0. The van der Waals surface area contributed by atoms with E-state index in [1.165, 1.54) is 0 Å². The molecule has 0 amide bonds. The predicted octanol–water partition coefficient (Wildman–Crippen LogP) is -0.702. The normalized spacial score (nSPS) is 13.4. The van der Waals surface area contributed by atoms with E-state index < -0.39 is 27.8 Å². The van der Waals surface area contributed by atoms with E-state index in [0.29, 0.717) is 19.4 Å². The summed E-state index contributed by atoms with van der Waals surface area (Å²) in [5.41, 5.74) is 5.24. The molecule has 0 spiro atoms. The van der Waals surface area contributed by atoms with Crippen LogP contribution in [0.3, 0.4) is 0 Å². The third-order valence-electron chi connectivity index (χ3n) is 1.70. The third-order valence-corrected chi connectivity index (χ3v) is 3.23. The second kappa shape index (κ2) is 6.83. The zero-order valence-corrected chi connectivity index (χ0v) is 10.6. The van der Waals surface area contributed by atoms with Crippen molar-refractivity contribution >= 4 is 15.2 Å². The Labute approximate surface area is 93.8 Å². The number of hydrogen-bond donors (Lipinski definition) is 5. The number of nitrogens with two attached hydrogens (primary N) is 1. The Kier molecular flexibility index (Phi) is 6.93. The summed E-state index contributed by atoms with van der Waals surface area (Å²) in [6.45, 7) is 0.632. The van der Waals surface area contributed by atoms with Gasteiger partial charge in [-0.3, -0.25) is 14.0 Å². The molecule has 0 aromatic heterocycles. The van der Waals surface area contributed by atoms with Crippen LogP contribution >= 0.6 is 15.2 Å². The van der Waals surface area contributed by atoms with Gasteiger partial charge < -0.3 is 25.3 Å². The van der Waals surface area contributed by atoms with Gasteiger partial charge in [-0.15, -0.1) is 0 Å². The van der Waals surface area contributed by atoms with Gasteiger partial charge in [-0.2, -0.15) is 0 Å². The van der Waals surface area contributed by atoms with Gasteiger partial charge >= 0.3 is 15.2 Å². The van der Waals surface area contributed by atoms with E-state index in [9.17, 15) is 9.13 Å². The second-order valence-electron chi connectivity index (χ2n) is 3.50. The fraction of sp³-hybridized carbons (Fsp3) is 1.00. The second-order valence-corrected chi connectivity index (χ2v) is 6.73. The molecule has 0 aromatic rings. The molecule has 0 aliphatic heterocycles. The Hall–Kier alpha value is 0.220. The predicted molar refractivity (Wildman–Crippen MR) is 58.8 cm³/mol. The van der Waals surface area contributed by atoms with Crippen LogP contribution in [-0.2, 0) is 9.13 Å².